The van der Waals surface area contributed by atoms with E-state index < -0.39 is 21.7 Å². The Balaban J connectivity index is 1.69. The fourth-order valence-electron chi connectivity index (χ4n) is 2.55. The van der Waals surface area contributed by atoms with Gasteiger partial charge < -0.3 is 10.1 Å². The van der Waals surface area contributed by atoms with Crippen LogP contribution in [0.3, 0.4) is 0 Å². The van der Waals surface area contributed by atoms with Crippen molar-refractivity contribution in [3.8, 4) is 5.75 Å². The van der Waals surface area contributed by atoms with Crippen molar-refractivity contribution >= 4 is 27.3 Å². The van der Waals surface area contributed by atoms with Crippen molar-refractivity contribution in [3.63, 3.8) is 0 Å². The highest BCUT2D eigenvalue weighted by Gasteiger charge is 2.15. The Morgan fingerprint density at radius 3 is 2.24 bits per heavy atom. The molecule has 0 radical (unpaired) electrons. The van der Waals surface area contributed by atoms with Gasteiger partial charge in [-0.05, 0) is 73.7 Å². The number of rotatable bonds is 7. The Bertz CT molecular complexity index is 1100. The van der Waals surface area contributed by atoms with Crippen molar-refractivity contribution in [3.05, 3.63) is 84.2 Å². The number of sulfonamides is 1. The first-order valence-electron chi connectivity index (χ1n) is 8.80. The third-order valence-corrected chi connectivity index (χ3v) is 5.32. The van der Waals surface area contributed by atoms with Gasteiger partial charge in [-0.15, -0.1) is 0 Å². The summed E-state index contributed by atoms with van der Waals surface area (Å²) in [6.45, 7) is 2.38. The van der Waals surface area contributed by atoms with Crippen LogP contribution in [0.25, 0.3) is 0 Å². The van der Waals surface area contributed by atoms with Gasteiger partial charge in [-0.25, -0.2) is 12.8 Å². The summed E-state index contributed by atoms with van der Waals surface area (Å²) in [6.07, 6.45) is 0. The molecule has 3 rings (SSSR count). The number of benzene rings is 3. The average Bonchev–Trinajstić information content (AvgIpc) is 2.70. The molecule has 0 saturated carbocycles. The van der Waals surface area contributed by atoms with Gasteiger partial charge in [0.1, 0.15) is 11.6 Å². The smallest absolute Gasteiger partial charge is 0.261 e. The van der Waals surface area contributed by atoms with Crippen LogP contribution in [-0.4, -0.2) is 20.9 Å². The Kier molecular flexibility index (Phi) is 6.13. The van der Waals surface area contributed by atoms with Gasteiger partial charge in [-0.3, -0.25) is 9.52 Å². The van der Waals surface area contributed by atoms with Gasteiger partial charge in [-0.2, -0.15) is 0 Å². The van der Waals surface area contributed by atoms with Gasteiger partial charge in [0.15, 0.2) is 0 Å². The molecule has 1 amide bonds. The molecule has 150 valence electrons. The predicted octanol–water partition coefficient (Wildman–Crippen LogP) is 4.28. The summed E-state index contributed by atoms with van der Waals surface area (Å²) in [5.74, 6) is -0.360. The lowest BCUT2D eigenvalue weighted by Gasteiger charge is -2.10. The molecular weight excluding hydrogens is 395 g/mol. The van der Waals surface area contributed by atoms with Crippen molar-refractivity contribution in [2.45, 2.75) is 11.8 Å². The van der Waals surface area contributed by atoms with E-state index in [4.69, 9.17) is 4.74 Å². The lowest BCUT2D eigenvalue weighted by Crippen LogP contribution is -2.14. The molecule has 0 aliphatic rings. The quantitative estimate of drug-likeness (QED) is 0.604. The Morgan fingerprint density at radius 1 is 0.966 bits per heavy atom. The minimum Gasteiger partial charge on any atom is -0.494 e. The molecule has 3 aromatic carbocycles. The van der Waals surface area contributed by atoms with E-state index in [0.717, 1.165) is 6.07 Å². The number of carbonyl (C=O) groups excluding carboxylic acids is 1. The topological polar surface area (TPSA) is 84.5 Å². The normalized spacial score (nSPS) is 11.0. The lowest BCUT2D eigenvalue weighted by molar-refractivity contribution is 0.102. The molecule has 0 bridgehead atoms. The number of amides is 1. The van der Waals surface area contributed by atoms with Crippen LogP contribution >= 0.6 is 0 Å². The highest BCUT2D eigenvalue weighted by atomic mass is 32.2. The third kappa shape index (κ3) is 5.32. The summed E-state index contributed by atoms with van der Waals surface area (Å²) in [5.41, 5.74) is 0.954. The molecule has 0 fully saturated rings. The number of ether oxygens (including phenoxy) is 1. The fraction of sp³-hybridized carbons (Fsp3) is 0.0952. The SMILES string of the molecule is CCOc1ccc(NS(=O)(=O)c2ccc(NC(=O)c3cccc(F)c3)cc2)cc1. The van der Waals surface area contributed by atoms with Crippen molar-refractivity contribution in [1.29, 1.82) is 0 Å². The van der Waals surface area contributed by atoms with E-state index in [0.29, 0.717) is 23.7 Å². The number of nitrogens with one attached hydrogen (secondary N) is 2. The lowest BCUT2D eigenvalue weighted by atomic mass is 10.2. The van der Waals surface area contributed by atoms with Gasteiger partial charge in [0.2, 0.25) is 0 Å². The summed E-state index contributed by atoms with van der Waals surface area (Å²) in [7, 11) is -3.79. The molecule has 0 atom stereocenters. The molecule has 0 spiro atoms. The minimum absolute atomic E-state index is 0.0372. The van der Waals surface area contributed by atoms with Gasteiger partial charge in [-0.1, -0.05) is 6.07 Å². The molecule has 0 unspecified atom stereocenters. The first-order valence-corrected chi connectivity index (χ1v) is 10.3. The second-order valence-electron chi connectivity index (χ2n) is 6.05. The van der Waals surface area contributed by atoms with E-state index in [-0.39, 0.29) is 10.5 Å². The summed E-state index contributed by atoms with van der Waals surface area (Å²) in [6, 6.07) is 17.5. The van der Waals surface area contributed by atoms with Gasteiger partial charge in [0, 0.05) is 16.9 Å². The molecule has 0 saturated heterocycles. The highest BCUT2D eigenvalue weighted by Crippen LogP contribution is 2.21. The zero-order chi connectivity index (χ0) is 20.9. The molecule has 0 aliphatic carbocycles. The standard InChI is InChI=1S/C21H19FN2O4S/c1-2-28-19-10-6-18(7-11-19)24-29(26,27)20-12-8-17(9-13-20)23-21(25)15-4-3-5-16(22)14-15/h3-14,24H,2H2,1H3,(H,23,25). The first kappa shape index (κ1) is 20.3. The maximum absolute atomic E-state index is 13.2. The Labute approximate surface area is 168 Å². The number of hydrogen-bond acceptors (Lipinski definition) is 4. The van der Waals surface area contributed by atoms with Crippen LogP contribution in [0, 0.1) is 5.82 Å². The number of carbonyl (C=O) groups is 1. The minimum atomic E-state index is -3.79. The maximum atomic E-state index is 13.2. The Morgan fingerprint density at radius 2 is 1.62 bits per heavy atom. The van der Waals surface area contributed by atoms with E-state index in [9.17, 15) is 17.6 Å². The van der Waals surface area contributed by atoms with Crippen LogP contribution in [-0.2, 0) is 10.0 Å². The Hall–Kier alpha value is -3.39. The second kappa shape index (κ2) is 8.74. The van der Waals surface area contributed by atoms with Crippen LogP contribution in [0.4, 0.5) is 15.8 Å². The number of hydrogen-bond donors (Lipinski definition) is 2. The van der Waals surface area contributed by atoms with Crippen LogP contribution in [0.2, 0.25) is 0 Å². The summed E-state index contributed by atoms with van der Waals surface area (Å²) >= 11 is 0. The van der Waals surface area contributed by atoms with E-state index in [1.807, 2.05) is 6.92 Å². The first-order chi connectivity index (χ1) is 13.9. The molecule has 6 nitrogen and oxygen atoms in total. The molecule has 29 heavy (non-hydrogen) atoms. The zero-order valence-electron chi connectivity index (χ0n) is 15.6. The molecular formula is C21H19FN2O4S. The molecule has 8 heteroatoms. The van der Waals surface area contributed by atoms with Crippen LogP contribution < -0.4 is 14.8 Å². The van der Waals surface area contributed by atoms with Crippen molar-refractivity contribution < 1.29 is 22.3 Å². The van der Waals surface area contributed by atoms with Crippen molar-refractivity contribution in [2.75, 3.05) is 16.6 Å². The molecule has 0 heterocycles. The summed E-state index contributed by atoms with van der Waals surface area (Å²) < 4.78 is 46.1. The van der Waals surface area contributed by atoms with Gasteiger partial charge in [0.05, 0.1) is 11.5 Å². The van der Waals surface area contributed by atoms with Crippen LogP contribution in [0.5, 0.6) is 5.75 Å². The van der Waals surface area contributed by atoms with E-state index in [1.165, 1.54) is 42.5 Å². The highest BCUT2D eigenvalue weighted by molar-refractivity contribution is 7.92. The van der Waals surface area contributed by atoms with Crippen LogP contribution in [0.15, 0.2) is 77.7 Å². The monoisotopic (exact) mass is 414 g/mol. The van der Waals surface area contributed by atoms with Gasteiger partial charge in [0.25, 0.3) is 15.9 Å². The van der Waals surface area contributed by atoms with Crippen molar-refractivity contribution in [2.24, 2.45) is 0 Å². The largest absolute Gasteiger partial charge is 0.494 e. The number of halogens is 1. The second-order valence-corrected chi connectivity index (χ2v) is 7.73. The average molecular weight is 414 g/mol. The molecule has 0 aromatic heterocycles. The molecule has 2 N–H and O–H groups in total. The summed E-state index contributed by atoms with van der Waals surface area (Å²) in [4.78, 5) is 12.2. The zero-order valence-corrected chi connectivity index (χ0v) is 16.4. The third-order valence-electron chi connectivity index (χ3n) is 3.93. The molecule has 0 aliphatic heterocycles. The summed E-state index contributed by atoms with van der Waals surface area (Å²) in [5, 5.41) is 2.60. The number of anilines is 2. The molecule has 3 aromatic rings. The maximum Gasteiger partial charge on any atom is 0.261 e. The van der Waals surface area contributed by atoms with E-state index in [2.05, 4.69) is 10.0 Å². The fourth-order valence-corrected chi connectivity index (χ4v) is 3.61. The van der Waals surface area contributed by atoms with Crippen molar-refractivity contribution in [1.82, 2.24) is 0 Å². The van der Waals surface area contributed by atoms with E-state index in [1.54, 1.807) is 24.3 Å². The van der Waals surface area contributed by atoms with Gasteiger partial charge >= 0.3 is 0 Å². The van der Waals surface area contributed by atoms with E-state index >= 15 is 0 Å². The predicted molar refractivity (Wildman–Crippen MR) is 109 cm³/mol. The van der Waals surface area contributed by atoms with Crippen LogP contribution in [0.1, 0.15) is 17.3 Å².